The molecule has 9 heteroatoms. The predicted octanol–water partition coefficient (Wildman–Crippen LogP) is 2.14. The minimum absolute atomic E-state index is 0.317. The first kappa shape index (κ1) is 15.2. The van der Waals surface area contributed by atoms with E-state index in [-0.39, 0.29) is 5.69 Å². The van der Waals surface area contributed by atoms with Crippen LogP contribution in [0.1, 0.15) is 5.56 Å². The zero-order valence-corrected chi connectivity index (χ0v) is 10.0. The molecule has 5 nitrogen and oxygen atoms in total. The van der Waals surface area contributed by atoms with Gasteiger partial charge in [-0.3, -0.25) is 4.84 Å². The van der Waals surface area contributed by atoms with E-state index in [1.165, 1.54) is 14.2 Å². The number of benzene rings is 1. The molecule has 0 saturated heterocycles. The van der Waals surface area contributed by atoms with E-state index in [4.69, 9.17) is 5.84 Å². The van der Waals surface area contributed by atoms with Crippen LogP contribution in [0.15, 0.2) is 18.2 Å². The van der Waals surface area contributed by atoms with Gasteiger partial charge in [0.05, 0.1) is 18.4 Å². The molecule has 2 amide bonds. The lowest BCUT2D eigenvalue weighted by Crippen LogP contribution is -2.45. The molecule has 0 aliphatic rings. The Kier molecular flexibility index (Phi) is 4.32. The summed E-state index contributed by atoms with van der Waals surface area (Å²) in [4.78, 5) is 16.1. The van der Waals surface area contributed by atoms with Gasteiger partial charge in [0, 0.05) is 7.05 Å². The molecule has 0 aliphatic heterocycles. The number of hydroxylamine groups is 2. The van der Waals surface area contributed by atoms with E-state index in [2.05, 4.69) is 4.84 Å². The maximum Gasteiger partial charge on any atom is 0.419 e. The average Bonchev–Trinajstić information content (AvgIpc) is 2.35. The number of carbonyl (C=O) groups is 1. The van der Waals surface area contributed by atoms with Crippen molar-refractivity contribution in [2.75, 3.05) is 19.2 Å². The summed E-state index contributed by atoms with van der Waals surface area (Å²) in [5.74, 6) is 3.90. The van der Waals surface area contributed by atoms with E-state index in [9.17, 15) is 22.4 Å². The van der Waals surface area contributed by atoms with Crippen LogP contribution in [-0.2, 0) is 11.0 Å². The van der Waals surface area contributed by atoms with Crippen LogP contribution in [0.2, 0.25) is 0 Å². The molecule has 0 aliphatic carbocycles. The quantitative estimate of drug-likeness (QED) is 0.391. The second kappa shape index (κ2) is 5.41. The summed E-state index contributed by atoms with van der Waals surface area (Å²) in [6.45, 7) is 0. The van der Waals surface area contributed by atoms with Crippen LogP contribution in [0.3, 0.4) is 0 Å². The lowest BCUT2D eigenvalue weighted by molar-refractivity contribution is -0.139. The minimum Gasteiger partial charge on any atom is -0.273 e. The molecule has 1 rings (SSSR count). The van der Waals surface area contributed by atoms with Gasteiger partial charge in [-0.05, 0) is 18.2 Å². The van der Waals surface area contributed by atoms with Gasteiger partial charge < -0.3 is 0 Å². The highest BCUT2D eigenvalue weighted by Crippen LogP contribution is 2.33. The van der Waals surface area contributed by atoms with Crippen LogP contribution < -0.4 is 10.9 Å². The largest absolute Gasteiger partial charge is 0.419 e. The Hall–Kier alpha value is -1.87. The number of hydrogen-bond acceptors (Lipinski definition) is 3. The van der Waals surface area contributed by atoms with Crippen molar-refractivity contribution >= 4 is 11.7 Å². The van der Waals surface area contributed by atoms with Crippen molar-refractivity contribution in [3.63, 3.8) is 0 Å². The molecule has 0 bridgehead atoms. The molecule has 0 atom stereocenters. The van der Waals surface area contributed by atoms with E-state index in [0.717, 1.165) is 6.07 Å². The molecule has 19 heavy (non-hydrogen) atoms. The Balaban J connectivity index is 3.13. The molecule has 0 spiro atoms. The number of carbonyl (C=O) groups excluding carboxylic acids is 1. The van der Waals surface area contributed by atoms with E-state index >= 15 is 0 Å². The molecule has 0 heterocycles. The van der Waals surface area contributed by atoms with E-state index < -0.39 is 23.6 Å². The van der Waals surface area contributed by atoms with Crippen molar-refractivity contribution in [1.82, 2.24) is 5.06 Å². The maximum atomic E-state index is 13.1. The molecule has 0 saturated carbocycles. The van der Waals surface area contributed by atoms with Gasteiger partial charge in [-0.1, -0.05) is 0 Å². The van der Waals surface area contributed by atoms with Gasteiger partial charge in [0.15, 0.2) is 0 Å². The van der Waals surface area contributed by atoms with Gasteiger partial charge in [0.25, 0.3) is 0 Å². The first-order valence-corrected chi connectivity index (χ1v) is 4.92. The Morgan fingerprint density at radius 3 is 2.42 bits per heavy atom. The fourth-order valence-corrected chi connectivity index (χ4v) is 1.22. The lowest BCUT2D eigenvalue weighted by atomic mass is 10.2. The van der Waals surface area contributed by atoms with E-state index in [1.807, 2.05) is 0 Å². The Morgan fingerprint density at radius 2 is 1.95 bits per heavy atom. The van der Waals surface area contributed by atoms with Gasteiger partial charge in [-0.2, -0.15) is 13.2 Å². The maximum absolute atomic E-state index is 13.1. The first-order valence-electron chi connectivity index (χ1n) is 4.92. The minimum atomic E-state index is -4.88. The number of hydrazine groups is 1. The summed E-state index contributed by atoms with van der Waals surface area (Å²) in [5, 5.41) is 1.12. The monoisotopic (exact) mass is 281 g/mol. The van der Waals surface area contributed by atoms with Crippen molar-refractivity contribution in [1.29, 1.82) is 0 Å². The average molecular weight is 281 g/mol. The summed E-state index contributed by atoms with van der Waals surface area (Å²) in [6.07, 6.45) is -4.88. The topological polar surface area (TPSA) is 58.8 Å². The van der Waals surface area contributed by atoms with Crippen molar-refractivity contribution in [2.24, 2.45) is 5.84 Å². The molecule has 2 N–H and O–H groups in total. The number of halogens is 4. The Morgan fingerprint density at radius 1 is 1.37 bits per heavy atom. The normalized spacial score (nSPS) is 11.3. The number of anilines is 1. The van der Waals surface area contributed by atoms with Crippen LogP contribution in [0.25, 0.3) is 0 Å². The summed E-state index contributed by atoms with van der Waals surface area (Å²) in [7, 11) is 2.40. The zero-order valence-electron chi connectivity index (χ0n) is 10.0. The molecular formula is C10H11F4N3O2. The highest BCUT2D eigenvalue weighted by molar-refractivity contribution is 5.90. The third kappa shape index (κ3) is 3.32. The number of nitrogens with zero attached hydrogens (tertiary/aromatic N) is 2. The van der Waals surface area contributed by atoms with Gasteiger partial charge >= 0.3 is 12.2 Å². The summed E-state index contributed by atoms with van der Waals surface area (Å²) >= 11 is 0. The number of urea groups is 1. The molecule has 0 unspecified atom stereocenters. The van der Waals surface area contributed by atoms with Crippen LogP contribution >= 0.6 is 0 Å². The predicted molar refractivity (Wildman–Crippen MR) is 58.2 cm³/mol. The molecule has 0 fully saturated rings. The lowest BCUT2D eigenvalue weighted by Gasteiger charge is -2.23. The van der Waals surface area contributed by atoms with Gasteiger partial charge in [-0.15, -0.1) is 0 Å². The number of nitrogens with two attached hydrogens (primary N) is 1. The van der Waals surface area contributed by atoms with Crippen molar-refractivity contribution < 1.29 is 27.2 Å². The highest BCUT2D eigenvalue weighted by atomic mass is 19.4. The fourth-order valence-electron chi connectivity index (χ4n) is 1.22. The second-order valence-corrected chi connectivity index (χ2v) is 3.49. The summed E-state index contributed by atoms with van der Waals surface area (Å²) in [6, 6.07) is 1.06. The first-order chi connectivity index (χ1) is 8.68. The third-order valence-electron chi connectivity index (χ3n) is 2.28. The van der Waals surface area contributed by atoms with Crippen LogP contribution in [0, 0.1) is 5.82 Å². The standard InChI is InChI=1S/C10H11F4N3O2/c1-16(19-2)9(18)17(15)6-3-4-8(11)7(5-6)10(12,13)14/h3-5H,15H2,1-2H3. The molecule has 1 aromatic rings. The molecule has 0 radical (unpaired) electrons. The van der Waals surface area contributed by atoms with Crippen LogP contribution in [0.4, 0.5) is 28.0 Å². The number of amides is 2. The highest BCUT2D eigenvalue weighted by Gasteiger charge is 2.35. The smallest absolute Gasteiger partial charge is 0.273 e. The SMILES string of the molecule is CON(C)C(=O)N(N)c1ccc(F)c(C(F)(F)F)c1. The Bertz CT molecular complexity index is 478. The van der Waals surface area contributed by atoms with Gasteiger partial charge in [-0.25, -0.2) is 25.1 Å². The summed E-state index contributed by atoms with van der Waals surface area (Å²) < 4.78 is 50.6. The third-order valence-corrected chi connectivity index (χ3v) is 2.28. The molecule has 0 aromatic heterocycles. The van der Waals surface area contributed by atoms with E-state index in [0.29, 0.717) is 22.2 Å². The fraction of sp³-hybridized carbons (Fsp3) is 0.300. The zero-order chi connectivity index (χ0) is 14.8. The molecule has 1 aromatic carbocycles. The number of rotatable bonds is 2. The van der Waals surface area contributed by atoms with Crippen LogP contribution in [-0.4, -0.2) is 25.3 Å². The number of hydrogen-bond donors (Lipinski definition) is 1. The number of alkyl halides is 3. The van der Waals surface area contributed by atoms with Crippen molar-refractivity contribution in [2.45, 2.75) is 6.18 Å². The Labute approximate surface area is 106 Å². The second-order valence-electron chi connectivity index (χ2n) is 3.49. The van der Waals surface area contributed by atoms with E-state index in [1.54, 1.807) is 0 Å². The van der Waals surface area contributed by atoms with Gasteiger partial charge in [0.1, 0.15) is 5.82 Å². The summed E-state index contributed by atoms with van der Waals surface area (Å²) in [5.41, 5.74) is -1.82. The molecular weight excluding hydrogens is 270 g/mol. The molecule has 106 valence electrons. The van der Waals surface area contributed by atoms with Crippen LogP contribution in [0.5, 0.6) is 0 Å². The van der Waals surface area contributed by atoms with Gasteiger partial charge in [0.2, 0.25) is 0 Å². The van der Waals surface area contributed by atoms with Crippen molar-refractivity contribution in [3.8, 4) is 0 Å². The van der Waals surface area contributed by atoms with Crippen molar-refractivity contribution in [3.05, 3.63) is 29.6 Å².